The van der Waals surface area contributed by atoms with E-state index in [4.69, 9.17) is 16.3 Å². The molecule has 7 heteroatoms. The summed E-state index contributed by atoms with van der Waals surface area (Å²) >= 11 is 7.43. The van der Waals surface area contributed by atoms with Gasteiger partial charge in [0.25, 0.3) is 0 Å². The van der Waals surface area contributed by atoms with Crippen molar-refractivity contribution in [3.8, 4) is 5.75 Å². The number of hydrogen-bond acceptors (Lipinski definition) is 5. The maximum absolute atomic E-state index is 12.3. The van der Waals surface area contributed by atoms with Gasteiger partial charge in [-0.2, -0.15) is 0 Å². The monoisotopic (exact) mass is 373 g/mol. The van der Waals surface area contributed by atoms with Crippen LogP contribution >= 0.6 is 22.9 Å². The van der Waals surface area contributed by atoms with E-state index in [1.54, 1.807) is 25.3 Å². The Bertz CT molecular complexity index is 868. The van der Waals surface area contributed by atoms with Crippen LogP contribution < -0.4 is 15.4 Å². The van der Waals surface area contributed by atoms with Crippen molar-refractivity contribution in [2.75, 3.05) is 17.7 Å². The number of para-hydroxylation sites is 1. The summed E-state index contributed by atoms with van der Waals surface area (Å²) in [7, 11) is 1.54. The van der Waals surface area contributed by atoms with Gasteiger partial charge in [-0.05, 0) is 30.3 Å². The third-order valence-corrected chi connectivity index (χ3v) is 4.40. The molecule has 1 aromatic heterocycles. The number of amides is 1. The van der Waals surface area contributed by atoms with E-state index in [-0.39, 0.29) is 12.3 Å². The fourth-order valence-electron chi connectivity index (χ4n) is 2.23. The molecule has 0 fully saturated rings. The summed E-state index contributed by atoms with van der Waals surface area (Å²) < 4.78 is 5.22. The average molecular weight is 374 g/mol. The molecule has 0 saturated carbocycles. The smallest absolute Gasteiger partial charge is 0.230 e. The summed E-state index contributed by atoms with van der Waals surface area (Å²) in [4.78, 5) is 16.7. The number of hydrogen-bond donors (Lipinski definition) is 2. The summed E-state index contributed by atoms with van der Waals surface area (Å²) in [5, 5.41) is 9.15. The maximum Gasteiger partial charge on any atom is 0.230 e. The van der Waals surface area contributed by atoms with E-state index in [9.17, 15) is 4.79 Å². The van der Waals surface area contributed by atoms with Crippen molar-refractivity contribution >= 4 is 45.4 Å². The van der Waals surface area contributed by atoms with E-state index < -0.39 is 0 Å². The first-order valence-electron chi connectivity index (χ1n) is 7.54. The lowest BCUT2D eigenvalue weighted by molar-refractivity contribution is -0.115. The number of aromatic nitrogens is 1. The van der Waals surface area contributed by atoms with E-state index in [0.29, 0.717) is 22.2 Å². The van der Waals surface area contributed by atoms with Crippen LogP contribution in [0.25, 0.3) is 0 Å². The van der Waals surface area contributed by atoms with Crippen molar-refractivity contribution in [1.82, 2.24) is 4.98 Å². The fourth-order valence-corrected chi connectivity index (χ4v) is 3.13. The molecule has 0 aliphatic carbocycles. The Kier molecular flexibility index (Phi) is 5.53. The zero-order chi connectivity index (χ0) is 17.6. The van der Waals surface area contributed by atoms with Gasteiger partial charge in [0.2, 0.25) is 5.91 Å². The standard InChI is InChI=1S/C18H16ClN3O2S/c1-24-16-8-7-12(19)9-15(16)22-17(23)10-14-11-25-18(21-14)20-13-5-3-2-4-6-13/h2-9,11H,10H2,1H3,(H,20,21)(H,22,23). The molecule has 3 rings (SSSR count). The predicted molar refractivity (Wildman–Crippen MR) is 102 cm³/mol. The third kappa shape index (κ3) is 4.71. The highest BCUT2D eigenvalue weighted by molar-refractivity contribution is 7.13. The normalized spacial score (nSPS) is 10.3. The number of thiazole rings is 1. The van der Waals surface area contributed by atoms with E-state index in [2.05, 4.69) is 15.6 Å². The Labute approximate surface area is 154 Å². The largest absolute Gasteiger partial charge is 0.495 e. The first-order valence-corrected chi connectivity index (χ1v) is 8.79. The second-order valence-electron chi connectivity index (χ2n) is 5.20. The number of nitrogens with zero attached hydrogens (tertiary/aromatic N) is 1. The number of nitrogens with one attached hydrogen (secondary N) is 2. The lowest BCUT2D eigenvalue weighted by Crippen LogP contribution is -2.15. The number of carbonyl (C=O) groups is 1. The van der Waals surface area contributed by atoms with Gasteiger partial charge < -0.3 is 15.4 Å². The van der Waals surface area contributed by atoms with Crippen LogP contribution in [-0.4, -0.2) is 18.0 Å². The SMILES string of the molecule is COc1ccc(Cl)cc1NC(=O)Cc1csc(Nc2ccccc2)n1. The van der Waals surface area contributed by atoms with Crippen molar-refractivity contribution in [3.63, 3.8) is 0 Å². The highest BCUT2D eigenvalue weighted by Crippen LogP contribution is 2.28. The number of rotatable bonds is 6. The van der Waals surface area contributed by atoms with Gasteiger partial charge in [0.15, 0.2) is 5.13 Å². The Morgan fingerprint density at radius 2 is 2.04 bits per heavy atom. The lowest BCUT2D eigenvalue weighted by atomic mass is 10.2. The molecule has 0 unspecified atom stereocenters. The van der Waals surface area contributed by atoms with Gasteiger partial charge >= 0.3 is 0 Å². The quantitative estimate of drug-likeness (QED) is 0.655. The molecule has 0 aliphatic heterocycles. The van der Waals surface area contributed by atoms with Gasteiger partial charge in [-0.15, -0.1) is 11.3 Å². The van der Waals surface area contributed by atoms with Gasteiger partial charge in [-0.1, -0.05) is 29.8 Å². The van der Waals surface area contributed by atoms with E-state index in [1.807, 2.05) is 35.7 Å². The molecule has 2 N–H and O–H groups in total. The summed E-state index contributed by atoms with van der Waals surface area (Å²) in [6, 6.07) is 14.8. The molecular formula is C18H16ClN3O2S. The van der Waals surface area contributed by atoms with Gasteiger partial charge in [0.05, 0.1) is 24.9 Å². The van der Waals surface area contributed by atoms with Crippen LogP contribution in [0.1, 0.15) is 5.69 Å². The first kappa shape index (κ1) is 17.3. The van der Waals surface area contributed by atoms with Gasteiger partial charge in [-0.3, -0.25) is 4.79 Å². The lowest BCUT2D eigenvalue weighted by Gasteiger charge is -2.10. The molecular weight excluding hydrogens is 358 g/mol. The Hall–Kier alpha value is -2.57. The first-order chi connectivity index (χ1) is 12.1. The molecule has 0 aliphatic rings. The summed E-state index contributed by atoms with van der Waals surface area (Å²) in [6.07, 6.45) is 0.169. The molecule has 1 amide bonds. The number of halogens is 1. The molecule has 3 aromatic rings. The fraction of sp³-hybridized carbons (Fsp3) is 0.111. The van der Waals surface area contributed by atoms with Crippen molar-refractivity contribution in [2.45, 2.75) is 6.42 Å². The molecule has 1 heterocycles. The Morgan fingerprint density at radius 1 is 1.24 bits per heavy atom. The molecule has 0 radical (unpaired) electrons. The van der Waals surface area contributed by atoms with Gasteiger partial charge in [-0.25, -0.2) is 4.98 Å². The van der Waals surface area contributed by atoms with E-state index >= 15 is 0 Å². The summed E-state index contributed by atoms with van der Waals surface area (Å²) in [5.41, 5.74) is 2.19. The second kappa shape index (κ2) is 8.00. The topological polar surface area (TPSA) is 63.2 Å². The van der Waals surface area contributed by atoms with Crippen LogP contribution in [0.2, 0.25) is 5.02 Å². The minimum Gasteiger partial charge on any atom is -0.495 e. The number of anilines is 3. The van der Waals surface area contributed by atoms with Crippen molar-refractivity contribution in [1.29, 1.82) is 0 Å². The van der Waals surface area contributed by atoms with Gasteiger partial charge in [0, 0.05) is 16.1 Å². The number of benzene rings is 2. The highest BCUT2D eigenvalue weighted by Gasteiger charge is 2.11. The zero-order valence-electron chi connectivity index (χ0n) is 13.5. The number of carbonyl (C=O) groups excluding carboxylic acids is 1. The van der Waals surface area contributed by atoms with Crippen LogP contribution in [0.5, 0.6) is 5.75 Å². The zero-order valence-corrected chi connectivity index (χ0v) is 15.0. The molecule has 2 aromatic carbocycles. The second-order valence-corrected chi connectivity index (χ2v) is 6.50. The van der Waals surface area contributed by atoms with Crippen LogP contribution in [0.3, 0.4) is 0 Å². The maximum atomic E-state index is 12.3. The van der Waals surface area contributed by atoms with Crippen LogP contribution in [0, 0.1) is 0 Å². The van der Waals surface area contributed by atoms with Crippen molar-refractivity contribution in [3.05, 3.63) is 64.6 Å². The summed E-state index contributed by atoms with van der Waals surface area (Å²) in [5.74, 6) is 0.375. The Morgan fingerprint density at radius 3 is 2.80 bits per heavy atom. The Balaban J connectivity index is 1.63. The van der Waals surface area contributed by atoms with E-state index in [0.717, 1.165) is 10.8 Å². The van der Waals surface area contributed by atoms with E-state index in [1.165, 1.54) is 11.3 Å². The summed E-state index contributed by atoms with van der Waals surface area (Å²) in [6.45, 7) is 0. The molecule has 0 bridgehead atoms. The van der Waals surface area contributed by atoms with Crippen LogP contribution in [0.15, 0.2) is 53.9 Å². The molecule has 5 nitrogen and oxygen atoms in total. The minimum absolute atomic E-state index is 0.169. The number of methoxy groups -OCH3 is 1. The minimum atomic E-state index is -0.183. The highest BCUT2D eigenvalue weighted by atomic mass is 35.5. The average Bonchev–Trinajstić information content (AvgIpc) is 3.02. The van der Waals surface area contributed by atoms with Crippen molar-refractivity contribution < 1.29 is 9.53 Å². The van der Waals surface area contributed by atoms with Gasteiger partial charge in [0.1, 0.15) is 5.75 Å². The van der Waals surface area contributed by atoms with Crippen LogP contribution in [0.4, 0.5) is 16.5 Å². The van der Waals surface area contributed by atoms with Crippen molar-refractivity contribution in [2.24, 2.45) is 0 Å². The molecule has 0 atom stereocenters. The predicted octanol–water partition coefficient (Wildman–Crippen LogP) is 4.73. The van der Waals surface area contributed by atoms with Crippen LogP contribution in [-0.2, 0) is 11.2 Å². The molecule has 25 heavy (non-hydrogen) atoms. The molecule has 0 saturated heterocycles. The third-order valence-electron chi connectivity index (χ3n) is 3.35. The number of ether oxygens (including phenoxy) is 1. The molecule has 128 valence electrons. The molecule has 0 spiro atoms.